The van der Waals surface area contributed by atoms with Crippen molar-refractivity contribution in [3.63, 3.8) is 0 Å². The fourth-order valence-electron chi connectivity index (χ4n) is 1.57. The molecule has 90 valence electrons. The minimum atomic E-state index is 0.471. The molecule has 0 spiro atoms. The SMILES string of the molecule is COc1cc(Nc2ccccc2)ccc1N=[N+]=[N-]. The lowest BCUT2D eigenvalue weighted by molar-refractivity contribution is 0.416. The molecule has 0 fully saturated rings. The normalized spacial score (nSPS) is 9.39. The Morgan fingerprint density at radius 3 is 2.56 bits per heavy atom. The van der Waals surface area contributed by atoms with Crippen LogP contribution in [-0.4, -0.2) is 7.11 Å². The van der Waals surface area contributed by atoms with Crippen molar-refractivity contribution in [3.05, 3.63) is 59.0 Å². The van der Waals surface area contributed by atoms with Gasteiger partial charge in [-0.1, -0.05) is 23.3 Å². The first-order valence-electron chi connectivity index (χ1n) is 5.38. The standard InChI is InChI=1S/C13H12N4O/c1-18-13-9-11(7-8-12(13)16-17-14)15-10-5-3-2-4-6-10/h2-9,15H,1H3. The largest absolute Gasteiger partial charge is 0.496 e. The highest BCUT2D eigenvalue weighted by molar-refractivity contribution is 5.66. The third-order valence-electron chi connectivity index (χ3n) is 2.39. The summed E-state index contributed by atoms with van der Waals surface area (Å²) in [6, 6.07) is 15.1. The number of para-hydroxylation sites is 1. The zero-order valence-corrected chi connectivity index (χ0v) is 9.87. The van der Waals surface area contributed by atoms with Crippen LogP contribution in [0.5, 0.6) is 5.75 Å². The van der Waals surface area contributed by atoms with Crippen LogP contribution in [0.4, 0.5) is 17.1 Å². The summed E-state index contributed by atoms with van der Waals surface area (Å²) in [7, 11) is 1.54. The van der Waals surface area contributed by atoms with E-state index in [1.165, 1.54) is 7.11 Å². The number of anilines is 2. The van der Waals surface area contributed by atoms with Gasteiger partial charge in [0.05, 0.1) is 12.8 Å². The Hall–Kier alpha value is -2.65. The third-order valence-corrected chi connectivity index (χ3v) is 2.39. The van der Waals surface area contributed by atoms with Crippen LogP contribution in [0, 0.1) is 0 Å². The van der Waals surface area contributed by atoms with E-state index in [-0.39, 0.29) is 0 Å². The Balaban J connectivity index is 2.27. The summed E-state index contributed by atoms with van der Waals surface area (Å²) >= 11 is 0. The Labute approximate surface area is 105 Å². The number of nitrogens with one attached hydrogen (secondary N) is 1. The lowest BCUT2D eigenvalue weighted by atomic mass is 10.2. The van der Waals surface area contributed by atoms with Gasteiger partial charge in [-0.05, 0) is 29.8 Å². The first-order valence-corrected chi connectivity index (χ1v) is 5.38. The maximum atomic E-state index is 8.43. The maximum absolute atomic E-state index is 8.43. The Bertz CT molecular complexity index is 577. The Kier molecular flexibility index (Phi) is 3.69. The monoisotopic (exact) mass is 240 g/mol. The van der Waals surface area contributed by atoms with Crippen LogP contribution in [0.3, 0.4) is 0 Å². The van der Waals surface area contributed by atoms with Crippen molar-refractivity contribution < 1.29 is 4.74 Å². The van der Waals surface area contributed by atoms with Crippen LogP contribution >= 0.6 is 0 Å². The molecule has 0 unspecified atom stereocenters. The number of ether oxygens (including phenoxy) is 1. The van der Waals surface area contributed by atoms with Crippen molar-refractivity contribution in [2.24, 2.45) is 5.11 Å². The number of benzene rings is 2. The van der Waals surface area contributed by atoms with Gasteiger partial charge in [0.1, 0.15) is 5.75 Å². The molecule has 18 heavy (non-hydrogen) atoms. The first-order chi connectivity index (χ1) is 8.83. The number of methoxy groups -OCH3 is 1. The molecule has 0 aliphatic rings. The predicted molar refractivity (Wildman–Crippen MR) is 71.5 cm³/mol. The molecular weight excluding hydrogens is 228 g/mol. The molecule has 2 rings (SSSR count). The van der Waals surface area contributed by atoms with E-state index in [2.05, 4.69) is 15.3 Å². The molecule has 0 aliphatic heterocycles. The summed E-state index contributed by atoms with van der Waals surface area (Å²) in [5.41, 5.74) is 10.8. The molecule has 0 saturated heterocycles. The zero-order valence-electron chi connectivity index (χ0n) is 9.87. The second kappa shape index (κ2) is 5.61. The molecule has 0 radical (unpaired) electrons. The predicted octanol–water partition coefficient (Wildman–Crippen LogP) is 4.38. The van der Waals surface area contributed by atoms with Crippen LogP contribution in [0.2, 0.25) is 0 Å². The summed E-state index contributed by atoms with van der Waals surface area (Å²) in [5, 5.41) is 6.79. The van der Waals surface area contributed by atoms with Gasteiger partial charge in [0.2, 0.25) is 0 Å². The number of rotatable bonds is 4. The van der Waals surface area contributed by atoms with Crippen molar-refractivity contribution in [1.82, 2.24) is 0 Å². The van der Waals surface area contributed by atoms with Crippen molar-refractivity contribution in [2.75, 3.05) is 12.4 Å². The molecule has 0 aliphatic carbocycles. The number of hydrogen-bond acceptors (Lipinski definition) is 3. The van der Waals surface area contributed by atoms with Gasteiger partial charge in [0.25, 0.3) is 0 Å². The summed E-state index contributed by atoms with van der Waals surface area (Å²) in [4.78, 5) is 2.75. The van der Waals surface area contributed by atoms with E-state index in [1.807, 2.05) is 36.4 Å². The van der Waals surface area contributed by atoms with Crippen molar-refractivity contribution in [2.45, 2.75) is 0 Å². The van der Waals surface area contributed by atoms with Crippen LogP contribution in [-0.2, 0) is 0 Å². The van der Waals surface area contributed by atoms with Gasteiger partial charge in [-0.25, -0.2) is 0 Å². The second-order valence-electron chi connectivity index (χ2n) is 3.57. The average Bonchev–Trinajstić information content (AvgIpc) is 2.42. The van der Waals surface area contributed by atoms with E-state index in [0.717, 1.165) is 11.4 Å². The van der Waals surface area contributed by atoms with E-state index < -0.39 is 0 Å². The van der Waals surface area contributed by atoms with Crippen molar-refractivity contribution in [1.29, 1.82) is 0 Å². The molecule has 0 atom stereocenters. The molecule has 0 bridgehead atoms. The molecule has 0 saturated carbocycles. The maximum Gasteiger partial charge on any atom is 0.130 e. The van der Waals surface area contributed by atoms with Gasteiger partial charge < -0.3 is 10.1 Å². The molecule has 5 nitrogen and oxygen atoms in total. The number of azide groups is 1. The van der Waals surface area contributed by atoms with E-state index in [4.69, 9.17) is 10.3 Å². The van der Waals surface area contributed by atoms with Gasteiger partial charge in [-0.2, -0.15) is 0 Å². The Morgan fingerprint density at radius 1 is 1.11 bits per heavy atom. The zero-order chi connectivity index (χ0) is 12.8. The van der Waals surface area contributed by atoms with E-state index >= 15 is 0 Å². The molecular formula is C13H12N4O. The smallest absolute Gasteiger partial charge is 0.130 e. The highest BCUT2D eigenvalue weighted by Gasteiger charge is 2.02. The minimum Gasteiger partial charge on any atom is -0.496 e. The van der Waals surface area contributed by atoms with E-state index in [1.54, 1.807) is 12.1 Å². The summed E-state index contributed by atoms with van der Waals surface area (Å²) in [5.74, 6) is 0.536. The highest BCUT2D eigenvalue weighted by Crippen LogP contribution is 2.31. The number of nitrogens with zero attached hydrogens (tertiary/aromatic N) is 3. The summed E-state index contributed by atoms with van der Waals surface area (Å²) in [6.07, 6.45) is 0. The molecule has 2 aromatic carbocycles. The van der Waals surface area contributed by atoms with Crippen LogP contribution in [0.1, 0.15) is 0 Å². The molecule has 0 heterocycles. The third kappa shape index (κ3) is 2.72. The van der Waals surface area contributed by atoms with Gasteiger partial charge in [0, 0.05) is 22.4 Å². The summed E-state index contributed by atoms with van der Waals surface area (Å²) in [6.45, 7) is 0. The van der Waals surface area contributed by atoms with E-state index in [9.17, 15) is 0 Å². The highest BCUT2D eigenvalue weighted by atomic mass is 16.5. The van der Waals surface area contributed by atoms with Crippen molar-refractivity contribution in [3.8, 4) is 5.75 Å². The number of hydrogen-bond donors (Lipinski definition) is 1. The van der Waals surface area contributed by atoms with Crippen LogP contribution < -0.4 is 10.1 Å². The van der Waals surface area contributed by atoms with Gasteiger partial charge in [-0.3, -0.25) is 0 Å². The molecule has 0 aromatic heterocycles. The van der Waals surface area contributed by atoms with Gasteiger partial charge in [-0.15, -0.1) is 0 Å². The first kappa shape index (κ1) is 11.8. The molecule has 2 aromatic rings. The molecule has 0 amide bonds. The molecule has 1 N–H and O–H groups in total. The van der Waals surface area contributed by atoms with Gasteiger partial charge >= 0.3 is 0 Å². The van der Waals surface area contributed by atoms with Crippen LogP contribution in [0.15, 0.2) is 53.6 Å². The lowest BCUT2D eigenvalue weighted by Crippen LogP contribution is -1.91. The quantitative estimate of drug-likeness (QED) is 0.489. The Morgan fingerprint density at radius 2 is 1.89 bits per heavy atom. The molecule has 5 heteroatoms. The fourth-order valence-corrected chi connectivity index (χ4v) is 1.57. The lowest BCUT2D eigenvalue weighted by Gasteiger charge is -2.09. The van der Waals surface area contributed by atoms with Gasteiger partial charge in [0.15, 0.2) is 0 Å². The summed E-state index contributed by atoms with van der Waals surface area (Å²) < 4.78 is 5.17. The van der Waals surface area contributed by atoms with Crippen LogP contribution in [0.25, 0.3) is 10.4 Å². The second-order valence-corrected chi connectivity index (χ2v) is 3.57. The topological polar surface area (TPSA) is 70.0 Å². The van der Waals surface area contributed by atoms with E-state index in [0.29, 0.717) is 11.4 Å². The minimum absolute atomic E-state index is 0.471. The fraction of sp³-hybridized carbons (Fsp3) is 0.0769. The van der Waals surface area contributed by atoms with Crippen molar-refractivity contribution >= 4 is 17.1 Å². The average molecular weight is 240 g/mol.